The third-order valence-electron chi connectivity index (χ3n) is 2.30. The summed E-state index contributed by atoms with van der Waals surface area (Å²) >= 11 is 0. The fourth-order valence-corrected chi connectivity index (χ4v) is 1.14. The molecule has 13 heteroatoms. The Balaban J connectivity index is 3.12. The molecule has 0 atom stereocenters. The van der Waals surface area contributed by atoms with Crippen LogP contribution in [0, 0.1) is 6.92 Å². The molecule has 0 fully saturated rings. The third kappa shape index (κ3) is 2.70. The summed E-state index contributed by atoms with van der Waals surface area (Å²) < 4.78 is 117. The monoisotopic (exact) mass is 344 g/mol. The molecule has 1 amide bonds. The summed E-state index contributed by atoms with van der Waals surface area (Å²) in [6.45, 7) is 1.20. The van der Waals surface area contributed by atoms with E-state index in [0.717, 1.165) is 11.4 Å². The summed E-state index contributed by atoms with van der Waals surface area (Å²) in [4.78, 5) is 10.9. The number of rotatable bonds is 4. The normalized spacial score (nSPS) is 14.1. The number of alkyl halides is 9. The molecule has 4 nitrogen and oxygen atoms in total. The summed E-state index contributed by atoms with van der Waals surface area (Å²) in [6, 6.07) is 0.744. The molecule has 0 saturated carbocycles. The molecule has 1 rings (SSSR count). The van der Waals surface area contributed by atoms with Gasteiger partial charge in [-0.05, 0) is 6.92 Å². The zero-order chi connectivity index (χ0) is 17.6. The van der Waals surface area contributed by atoms with Crippen LogP contribution >= 0.6 is 0 Å². The van der Waals surface area contributed by atoms with Crippen LogP contribution < -0.4 is 5.32 Å². The van der Waals surface area contributed by atoms with E-state index in [-0.39, 0.29) is 5.76 Å². The molecule has 0 aliphatic carbocycles. The molecule has 0 aliphatic rings. The van der Waals surface area contributed by atoms with Gasteiger partial charge in [0.2, 0.25) is 0 Å². The predicted molar refractivity (Wildman–Crippen MR) is 50.8 cm³/mol. The second-order valence-corrected chi connectivity index (χ2v) is 4.00. The second kappa shape index (κ2) is 5.05. The highest BCUT2D eigenvalue weighted by Crippen LogP contribution is 2.53. The molecule has 126 valence electrons. The van der Waals surface area contributed by atoms with Crippen molar-refractivity contribution in [2.45, 2.75) is 30.9 Å². The standard InChI is InChI=1S/C9H5F9N2O2/c1-3-2-4(20-22-3)19-5(21)6(10,11)7(12,13)8(14,15)9(16,17)18/h2H,1H3,(H,19,20,21). The first kappa shape index (κ1) is 18.1. The maximum absolute atomic E-state index is 13.1. The van der Waals surface area contributed by atoms with E-state index in [1.807, 2.05) is 0 Å². The summed E-state index contributed by atoms with van der Waals surface area (Å²) in [5.41, 5.74) is 0. The van der Waals surface area contributed by atoms with Gasteiger partial charge >= 0.3 is 29.9 Å². The van der Waals surface area contributed by atoms with Crippen LogP contribution in [0.4, 0.5) is 45.3 Å². The molecule has 0 aromatic carbocycles. The van der Waals surface area contributed by atoms with Crippen molar-refractivity contribution < 1.29 is 48.8 Å². The molecule has 0 unspecified atom stereocenters. The summed E-state index contributed by atoms with van der Waals surface area (Å²) in [6.07, 6.45) is -7.00. The number of aryl methyl sites for hydroxylation is 1. The molecule has 1 aromatic heterocycles. The van der Waals surface area contributed by atoms with Crippen LogP contribution in [0.3, 0.4) is 0 Å². The van der Waals surface area contributed by atoms with E-state index >= 15 is 0 Å². The van der Waals surface area contributed by atoms with Gasteiger partial charge in [0, 0.05) is 6.07 Å². The predicted octanol–water partition coefficient (Wildman–Crippen LogP) is 3.39. The van der Waals surface area contributed by atoms with Gasteiger partial charge in [-0.15, -0.1) is 0 Å². The topological polar surface area (TPSA) is 55.1 Å². The first-order valence-electron chi connectivity index (χ1n) is 5.09. The smallest absolute Gasteiger partial charge is 0.360 e. The molecular formula is C9H5F9N2O2. The number of hydrogen-bond acceptors (Lipinski definition) is 3. The van der Waals surface area contributed by atoms with Crippen LogP contribution in [0.15, 0.2) is 10.6 Å². The van der Waals surface area contributed by atoms with Crippen LogP contribution in [0.2, 0.25) is 0 Å². The van der Waals surface area contributed by atoms with Gasteiger partial charge in [0.1, 0.15) is 5.76 Å². The molecule has 0 saturated heterocycles. The zero-order valence-electron chi connectivity index (χ0n) is 10.2. The molecule has 0 bridgehead atoms. The maximum atomic E-state index is 13.1. The Morgan fingerprint density at radius 3 is 1.91 bits per heavy atom. The Bertz CT molecular complexity index is 564. The van der Waals surface area contributed by atoms with E-state index in [1.54, 1.807) is 0 Å². The van der Waals surface area contributed by atoms with E-state index in [0.29, 0.717) is 0 Å². The highest BCUT2D eigenvalue weighted by Gasteiger charge is 2.83. The number of carbonyl (C=O) groups is 1. The SMILES string of the molecule is Cc1cc(NC(=O)C(F)(F)C(F)(F)C(F)(F)C(F)(F)F)no1. The number of anilines is 1. The van der Waals surface area contributed by atoms with E-state index in [4.69, 9.17) is 0 Å². The fraction of sp³-hybridized carbons (Fsp3) is 0.556. The van der Waals surface area contributed by atoms with Crippen molar-refractivity contribution in [1.82, 2.24) is 5.16 Å². The van der Waals surface area contributed by atoms with E-state index in [2.05, 4.69) is 9.68 Å². The van der Waals surface area contributed by atoms with Crippen LogP contribution in [0.5, 0.6) is 0 Å². The minimum Gasteiger partial charge on any atom is -0.360 e. The van der Waals surface area contributed by atoms with Crippen LogP contribution in [0.1, 0.15) is 5.76 Å². The van der Waals surface area contributed by atoms with Crippen molar-refractivity contribution in [3.05, 3.63) is 11.8 Å². The Morgan fingerprint density at radius 2 is 1.55 bits per heavy atom. The van der Waals surface area contributed by atoms with Crippen molar-refractivity contribution in [2.24, 2.45) is 0 Å². The first-order valence-corrected chi connectivity index (χ1v) is 5.09. The third-order valence-corrected chi connectivity index (χ3v) is 2.30. The second-order valence-electron chi connectivity index (χ2n) is 4.00. The van der Waals surface area contributed by atoms with Crippen molar-refractivity contribution in [2.75, 3.05) is 5.32 Å². The van der Waals surface area contributed by atoms with Gasteiger partial charge in [0.05, 0.1) is 0 Å². The maximum Gasteiger partial charge on any atom is 0.460 e. The van der Waals surface area contributed by atoms with Gasteiger partial charge in [0.25, 0.3) is 0 Å². The van der Waals surface area contributed by atoms with Gasteiger partial charge in [-0.3, -0.25) is 4.79 Å². The molecule has 1 N–H and O–H groups in total. The lowest BCUT2D eigenvalue weighted by molar-refractivity contribution is -0.388. The summed E-state index contributed by atoms with van der Waals surface area (Å²) in [5, 5.41) is 3.83. The minimum atomic E-state index is -7.14. The van der Waals surface area contributed by atoms with Crippen LogP contribution in [-0.4, -0.2) is 35.0 Å². The van der Waals surface area contributed by atoms with Crippen LogP contribution in [0.25, 0.3) is 0 Å². The van der Waals surface area contributed by atoms with Crippen LogP contribution in [-0.2, 0) is 4.79 Å². The molecule has 22 heavy (non-hydrogen) atoms. The van der Waals surface area contributed by atoms with Crippen molar-refractivity contribution in [3.8, 4) is 0 Å². The quantitative estimate of drug-likeness (QED) is 0.852. The van der Waals surface area contributed by atoms with E-state index in [9.17, 15) is 44.3 Å². The average molecular weight is 344 g/mol. The first-order chi connectivity index (χ1) is 9.64. The average Bonchev–Trinajstić information content (AvgIpc) is 2.72. The van der Waals surface area contributed by atoms with E-state index < -0.39 is 35.7 Å². The largest absolute Gasteiger partial charge is 0.460 e. The van der Waals surface area contributed by atoms with Gasteiger partial charge < -0.3 is 9.84 Å². The number of aromatic nitrogens is 1. The lowest BCUT2D eigenvalue weighted by atomic mass is 10.0. The number of nitrogens with one attached hydrogen (secondary N) is 1. The number of halogens is 9. The number of hydrogen-bond donors (Lipinski definition) is 1. The van der Waals surface area contributed by atoms with Crippen molar-refractivity contribution in [3.63, 3.8) is 0 Å². The van der Waals surface area contributed by atoms with Gasteiger partial charge in [0.15, 0.2) is 5.82 Å². The summed E-state index contributed by atoms with van der Waals surface area (Å²) in [5.74, 6) is -24.6. The molecule has 1 heterocycles. The zero-order valence-corrected chi connectivity index (χ0v) is 10.2. The van der Waals surface area contributed by atoms with Gasteiger partial charge in [-0.25, -0.2) is 0 Å². The highest BCUT2D eigenvalue weighted by atomic mass is 19.4. The Labute approximate surface area is 115 Å². The van der Waals surface area contributed by atoms with Gasteiger partial charge in [-0.1, -0.05) is 5.16 Å². The highest BCUT2D eigenvalue weighted by molar-refractivity contribution is 5.96. The van der Waals surface area contributed by atoms with Crippen molar-refractivity contribution >= 4 is 11.7 Å². The van der Waals surface area contributed by atoms with E-state index in [1.165, 1.54) is 6.92 Å². The summed E-state index contributed by atoms with van der Waals surface area (Å²) in [7, 11) is 0. The Kier molecular flexibility index (Phi) is 4.16. The number of carbonyl (C=O) groups excluding carboxylic acids is 1. The molecule has 0 radical (unpaired) electrons. The fourth-order valence-electron chi connectivity index (χ4n) is 1.14. The lowest BCUT2D eigenvalue weighted by Crippen LogP contribution is -2.64. The molecule has 0 spiro atoms. The molecule has 1 aromatic rings. The molecule has 0 aliphatic heterocycles. The minimum absolute atomic E-state index is 0.0778. The Morgan fingerprint density at radius 1 is 1.05 bits per heavy atom. The lowest BCUT2D eigenvalue weighted by Gasteiger charge is -2.32. The number of nitrogens with zero attached hydrogens (tertiary/aromatic N) is 1. The van der Waals surface area contributed by atoms with Crippen molar-refractivity contribution in [1.29, 1.82) is 0 Å². The molecular weight excluding hydrogens is 339 g/mol. The Hall–Kier alpha value is -1.95. The van der Waals surface area contributed by atoms with Gasteiger partial charge in [-0.2, -0.15) is 39.5 Å². The number of amides is 1.